The van der Waals surface area contributed by atoms with Crippen LogP contribution < -0.4 is 5.32 Å². The lowest BCUT2D eigenvalue weighted by molar-refractivity contribution is 0.492. The summed E-state index contributed by atoms with van der Waals surface area (Å²) < 4.78 is 0. The molecule has 0 bridgehead atoms. The number of nitrogens with one attached hydrogen (secondary N) is 1. The minimum absolute atomic E-state index is 0.636. The van der Waals surface area contributed by atoms with Gasteiger partial charge in [-0.05, 0) is 38.3 Å². The normalized spacial score (nSPS) is 12.6. The minimum atomic E-state index is 0.636. The first kappa shape index (κ1) is 15.2. The second-order valence-corrected chi connectivity index (χ2v) is 5.29. The average molecular weight is 247 g/mol. The molecule has 1 unspecified atom stereocenters. The van der Waals surface area contributed by atoms with Crippen molar-refractivity contribution in [3.63, 3.8) is 0 Å². The maximum Gasteiger partial charge on any atom is 0.00418 e. The van der Waals surface area contributed by atoms with Crippen molar-refractivity contribution < 1.29 is 0 Å². The van der Waals surface area contributed by atoms with Gasteiger partial charge in [0.15, 0.2) is 0 Å². The van der Waals surface area contributed by atoms with Crippen molar-refractivity contribution in [3.8, 4) is 0 Å². The van der Waals surface area contributed by atoms with Crippen molar-refractivity contribution in [2.24, 2.45) is 0 Å². The number of unbranched alkanes of at least 4 members (excludes halogenated alkanes) is 4. The molecule has 1 nitrogen and oxygen atoms in total. The average Bonchev–Trinajstić information content (AvgIpc) is 2.41. The van der Waals surface area contributed by atoms with Crippen molar-refractivity contribution in [3.05, 3.63) is 35.9 Å². The molecule has 102 valence electrons. The zero-order valence-corrected chi connectivity index (χ0v) is 12.1. The maximum atomic E-state index is 3.63. The molecule has 1 aromatic carbocycles. The van der Waals surface area contributed by atoms with Crippen LogP contribution in [-0.4, -0.2) is 12.6 Å². The summed E-state index contributed by atoms with van der Waals surface area (Å²) in [6, 6.07) is 11.4. The standard InChI is InChI=1S/C17H29N/c1-3-4-5-6-10-15-18-16(2)13-14-17-11-8-7-9-12-17/h7-9,11-12,16,18H,3-6,10,13-15H2,1-2H3. The topological polar surface area (TPSA) is 12.0 Å². The monoisotopic (exact) mass is 247 g/mol. The highest BCUT2D eigenvalue weighted by molar-refractivity contribution is 5.14. The van der Waals surface area contributed by atoms with Gasteiger partial charge in [0.05, 0.1) is 0 Å². The molecule has 0 amide bonds. The minimum Gasteiger partial charge on any atom is -0.314 e. The molecule has 0 aliphatic carbocycles. The SMILES string of the molecule is CCCCCCCNC(C)CCc1ccccc1. The summed E-state index contributed by atoms with van der Waals surface area (Å²) in [7, 11) is 0. The Balaban J connectivity index is 1.99. The van der Waals surface area contributed by atoms with Crippen LogP contribution in [0.2, 0.25) is 0 Å². The molecule has 1 aromatic rings. The van der Waals surface area contributed by atoms with Crippen LogP contribution in [-0.2, 0) is 6.42 Å². The van der Waals surface area contributed by atoms with E-state index < -0.39 is 0 Å². The summed E-state index contributed by atoms with van der Waals surface area (Å²) in [5.74, 6) is 0. The Kier molecular flexibility index (Phi) is 8.58. The lowest BCUT2D eigenvalue weighted by Crippen LogP contribution is -2.27. The number of benzene rings is 1. The third kappa shape index (κ3) is 7.50. The third-order valence-electron chi connectivity index (χ3n) is 3.48. The van der Waals surface area contributed by atoms with Gasteiger partial charge in [-0.2, -0.15) is 0 Å². The Morgan fingerprint density at radius 1 is 1.00 bits per heavy atom. The van der Waals surface area contributed by atoms with Gasteiger partial charge in [0.2, 0.25) is 0 Å². The van der Waals surface area contributed by atoms with Crippen molar-refractivity contribution >= 4 is 0 Å². The van der Waals surface area contributed by atoms with E-state index in [9.17, 15) is 0 Å². The largest absolute Gasteiger partial charge is 0.314 e. The van der Waals surface area contributed by atoms with Crippen LogP contribution in [0.25, 0.3) is 0 Å². The van der Waals surface area contributed by atoms with E-state index in [0.717, 1.165) is 0 Å². The third-order valence-corrected chi connectivity index (χ3v) is 3.48. The number of aryl methyl sites for hydroxylation is 1. The zero-order valence-electron chi connectivity index (χ0n) is 12.1. The van der Waals surface area contributed by atoms with E-state index in [-0.39, 0.29) is 0 Å². The second-order valence-electron chi connectivity index (χ2n) is 5.29. The van der Waals surface area contributed by atoms with Gasteiger partial charge in [-0.1, -0.05) is 62.9 Å². The van der Waals surface area contributed by atoms with E-state index in [1.807, 2.05) is 0 Å². The molecule has 0 aliphatic heterocycles. The summed E-state index contributed by atoms with van der Waals surface area (Å²) in [6.45, 7) is 5.75. The molecule has 0 saturated carbocycles. The van der Waals surface area contributed by atoms with Gasteiger partial charge >= 0.3 is 0 Å². The first-order chi connectivity index (χ1) is 8.83. The molecule has 18 heavy (non-hydrogen) atoms. The van der Waals surface area contributed by atoms with E-state index in [0.29, 0.717) is 6.04 Å². The predicted molar refractivity (Wildman–Crippen MR) is 81.0 cm³/mol. The van der Waals surface area contributed by atoms with Gasteiger partial charge in [0.25, 0.3) is 0 Å². The number of hydrogen-bond donors (Lipinski definition) is 1. The Morgan fingerprint density at radius 2 is 1.72 bits per heavy atom. The van der Waals surface area contributed by atoms with Crippen molar-refractivity contribution in [1.29, 1.82) is 0 Å². The Morgan fingerprint density at radius 3 is 2.44 bits per heavy atom. The smallest absolute Gasteiger partial charge is 0.00418 e. The van der Waals surface area contributed by atoms with E-state index in [2.05, 4.69) is 49.5 Å². The van der Waals surface area contributed by atoms with Crippen LogP contribution in [0, 0.1) is 0 Å². The van der Waals surface area contributed by atoms with Crippen LogP contribution in [0.3, 0.4) is 0 Å². The fraction of sp³-hybridized carbons (Fsp3) is 0.647. The number of hydrogen-bond acceptors (Lipinski definition) is 1. The molecule has 0 radical (unpaired) electrons. The molecule has 0 aromatic heterocycles. The second kappa shape index (κ2) is 10.1. The van der Waals surface area contributed by atoms with Gasteiger partial charge in [-0.3, -0.25) is 0 Å². The quantitative estimate of drug-likeness (QED) is 0.597. The van der Waals surface area contributed by atoms with Crippen LogP contribution in [0.4, 0.5) is 0 Å². The van der Waals surface area contributed by atoms with Gasteiger partial charge in [-0.15, -0.1) is 0 Å². The van der Waals surface area contributed by atoms with E-state index in [4.69, 9.17) is 0 Å². The summed E-state index contributed by atoms with van der Waals surface area (Å²) in [5.41, 5.74) is 1.45. The van der Waals surface area contributed by atoms with Crippen molar-refractivity contribution in [2.45, 2.75) is 64.8 Å². The van der Waals surface area contributed by atoms with Gasteiger partial charge in [0.1, 0.15) is 0 Å². The fourth-order valence-corrected chi connectivity index (χ4v) is 2.21. The fourth-order valence-electron chi connectivity index (χ4n) is 2.21. The van der Waals surface area contributed by atoms with Crippen LogP contribution in [0.15, 0.2) is 30.3 Å². The summed E-state index contributed by atoms with van der Waals surface area (Å²) in [6.07, 6.45) is 9.26. The molecule has 0 spiro atoms. The molecule has 1 N–H and O–H groups in total. The molecule has 1 atom stereocenters. The summed E-state index contributed by atoms with van der Waals surface area (Å²) in [4.78, 5) is 0. The molecule has 0 fully saturated rings. The van der Waals surface area contributed by atoms with E-state index in [1.54, 1.807) is 0 Å². The number of rotatable bonds is 10. The van der Waals surface area contributed by atoms with Crippen molar-refractivity contribution in [2.75, 3.05) is 6.54 Å². The van der Waals surface area contributed by atoms with Crippen LogP contribution in [0.5, 0.6) is 0 Å². The Bertz CT molecular complexity index is 281. The molecule has 0 aliphatic rings. The highest BCUT2D eigenvalue weighted by Gasteiger charge is 2.01. The molecular formula is C17H29N. The van der Waals surface area contributed by atoms with Crippen LogP contribution in [0.1, 0.15) is 57.9 Å². The lowest BCUT2D eigenvalue weighted by Gasteiger charge is -2.13. The molecule has 0 saturated heterocycles. The van der Waals surface area contributed by atoms with E-state index in [1.165, 1.54) is 57.1 Å². The molecule has 1 rings (SSSR count). The highest BCUT2D eigenvalue weighted by atomic mass is 14.9. The predicted octanol–water partition coefficient (Wildman–Crippen LogP) is 4.57. The Labute approximate surface area is 113 Å². The maximum absolute atomic E-state index is 3.63. The van der Waals surface area contributed by atoms with Gasteiger partial charge < -0.3 is 5.32 Å². The van der Waals surface area contributed by atoms with Crippen molar-refractivity contribution in [1.82, 2.24) is 5.32 Å². The van der Waals surface area contributed by atoms with Crippen LogP contribution >= 0.6 is 0 Å². The van der Waals surface area contributed by atoms with E-state index >= 15 is 0 Å². The summed E-state index contributed by atoms with van der Waals surface area (Å²) in [5, 5.41) is 3.63. The lowest BCUT2D eigenvalue weighted by atomic mass is 10.1. The molecule has 1 heteroatoms. The molecule has 0 heterocycles. The first-order valence-corrected chi connectivity index (χ1v) is 7.60. The highest BCUT2D eigenvalue weighted by Crippen LogP contribution is 2.05. The zero-order chi connectivity index (χ0) is 13.1. The summed E-state index contributed by atoms with van der Waals surface area (Å²) >= 11 is 0. The van der Waals surface area contributed by atoms with Gasteiger partial charge in [-0.25, -0.2) is 0 Å². The first-order valence-electron chi connectivity index (χ1n) is 7.60. The Hall–Kier alpha value is -0.820. The van der Waals surface area contributed by atoms with Gasteiger partial charge in [0, 0.05) is 6.04 Å². The molecular weight excluding hydrogens is 218 g/mol.